The van der Waals surface area contributed by atoms with Gasteiger partial charge in [-0.15, -0.1) is 0 Å². The summed E-state index contributed by atoms with van der Waals surface area (Å²) in [6.07, 6.45) is 2.77. The molecule has 0 amide bonds. The summed E-state index contributed by atoms with van der Waals surface area (Å²) < 4.78 is 4.81. The molecule has 88 valence electrons. The average molecular weight is 243 g/mol. The van der Waals surface area contributed by atoms with E-state index in [-0.39, 0.29) is 5.97 Å². The molecule has 5 heteroatoms. The van der Waals surface area contributed by atoms with E-state index >= 15 is 0 Å². The number of halogens is 1. The number of esters is 1. The van der Waals surface area contributed by atoms with Crippen LogP contribution < -0.4 is 5.32 Å². The van der Waals surface area contributed by atoms with Crippen molar-refractivity contribution in [2.75, 3.05) is 18.5 Å². The predicted octanol–water partition coefficient (Wildman–Crippen LogP) is 2.49. The summed E-state index contributed by atoms with van der Waals surface area (Å²) in [6.45, 7) is 2.90. The van der Waals surface area contributed by atoms with Gasteiger partial charge in [-0.1, -0.05) is 11.6 Å². The number of carbonyl (C=O) groups is 1. The molecule has 16 heavy (non-hydrogen) atoms. The molecule has 0 aliphatic heterocycles. The molecule has 0 aromatic carbocycles. The van der Waals surface area contributed by atoms with Crippen molar-refractivity contribution in [3.05, 3.63) is 23.4 Å². The van der Waals surface area contributed by atoms with E-state index in [1.807, 2.05) is 0 Å². The molecule has 0 saturated heterocycles. The molecule has 0 saturated carbocycles. The normalized spacial score (nSPS) is 9.88. The van der Waals surface area contributed by atoms with Crippen LogP contribution in [-0.4, -0.2) is 24.1 Å². The highest BCUT2D eigenvalue weighted by Gasteiger charge is 2.01. The maximum Gasteiger partial charge on any atom is 0.305 e. The van der Waals surface area contributed by atoms with Gasteiger partial charge in [-0.25, -0.2) is 4.98 Å². The van der Waals surface area contributed by atoms with Crippen molar-refractivity contribution in [3.8, 4) is 0 Å². The third-order valence-corrected chi connectivity index (χ3v) is 2.13. The number of carbonyl (C=O) groups excluding carboxylic acids is 1. The molecule has 1 aromatic rings. The second kappa shape index (κ2) is 7.06. The number of hydrogen-bond donors (Lipinski definition) is 1. The van der Waals surface area contributed by atoms with E-state index in [9.17, 15) is 4.79 Å². The van der Waals surface area contributed by atoms with Crippen LogP contribution in [0.25, 0.3) is 0 Å². The van der Waals surface area contributed by atoms with Crippen molar-refractivity contribution >= 4 is 23.4 Å². The maximum atomic E-state index is 11.0. The topological polar surface area (TPSA) is 51.2 Å². The van der Waals surface area contributed by atoms with Crippen LogP contribution in [0.2, 0.25) is 5.02 Å². The van der Waals surface area contributed by atoms with Crippen molar-refractivity contribution in [2.45, 2.75) is 19.8 Å². The number of nitrogens with zero attached hydrogens (tertiary/aromatic N) is 1. The standard InChI is InChI=1S/C11H15ClN2O2/c1-2-16-11(15)4-3-6-13-10-8-9(12)5-7-14-10/h5,7-8H,2-4,6H2,1H3,(H,13,14). The molecule has 0 fully saturated rings. The molecule has 0 aliphatic rings. The van der Waals surface area contributed by atoms with Gasteiger partial charge < -0.3 is 10.1 Å². The minimum Gasteiger partial charge on any atom is -0.466 e. The van der Waals surface area contributed by atoms with Crippen molar-refractivity contribution in [2.24, 2.45) is 0 Å². The minimum absolute atomic E-state index is 0.164. The first kappa shape index (κ1) is 12.8. The van der Waals surface area contributed by atoms with E-state index in [1.54, 1.807) is 25.3 Å². The zero-order valence-electron chi connectivity index (χ0n) is 9.20. The lowest BCUT2D eigenvalue weighted by Crippen LogP contribution is -2.08. The maximum absolute atomic E-state index is 11.0. The molecule has 0 radical (unpaired) electrons. The van der Waals surface area contributed by atoms with Gasteiger partial charge in [-0.05, 0) is 25.5 Å². The Balaban J connectivity index is 2.18. The first-order valence-electron chi connectivity index (χ1n) is 5.23. The molecular weight excluding hydrogens is 228 g/mol. The quantitative estimate of drug-likeness (QED) is 0.615. The van der Waals surface area contributed by atoms with Crippen LogP contribution in [0.3, 0.4) is 0 Å². The molecule has 1 aromatic heterocycles. The largest absolute Gasteiger partial charge is 0.466 e. The van der Waals surface area contributed by atoms with Gasteiger partial charge in [-0.3, -0.25) is 4.79 Å². The van der Waals surface area contributed by atoms with Gasteiger partial charge in [0.2, 0.25) is 0 Å². The number of ether oxygens (including phenoxy) is 1. The summed E-state index contributed by atoms with van der Waals surface area (Å²) >= 11 is 5.80. The Labute approximate surface area is 100.0 Å². The van der Waals surface area contributed by atoms with Crippen LogP contribution in [0.1, 0.15) is 19.8 Å². The Morgan fingerprint density at radius 3 is 3.12 bits per heavy atom. The van der Waals surface area contributed by atoms with E-state index in [0.717, 1.165) is 5.82 Å². The molecule has 1 N–H and O–H groups in total. The van der Waals surface area contributed by atoms with Gasteiger partial charge in [0.15, 0.2) is 0 Å². The SMILES string of the molecule is CCOC(=O)CCCNc1cc(Cl)ccn1. The zero-order valence-corrected chi connectivity index (χ0v) is 9.96. The monoisotopic (exact) mass is 242 g/mol. The van der Waals surface area contributed by atoms with Crippen LogP contribution in [0.5, 0.6) is 0 Å². The van der Waals surface area contributed by atoms with Gasteiger partial charge >= 0.3 is 5.97 Å². The number of anilines is 1. The molecule has 0 atom stereocenters. The van der Waals surface area contributed by atoms with Crippen molar-refractivity contribution in [1.29, 1.82) is 0 Å². The lowest BCUT2D eigenvalue weighted by molar-refractivity contribution is -0.143. The van der Waals surface area contributed by atoms with Gasteiger partial charge in [0, 0.05) is 24.2 Å². The molecule has 0 unspecified atom stereocenters. The Hall–Kier alpha value is -1.29. The summed E-state index contributed by atoms with van der Waals surface area (Å²) in [6, 6.07) is 3.46. The number of hydrogen-bond acceptors (Lipinski definition) is 4. The number of rotatable bonds is 6. The zero-order chi connectivity index (χ0) is 11.8. The first-order chi connectivity index (χ1) is 7.72. The highest BCUT2D eigenvalue weighted by Crippen LogP contribution is 2.11. The van der Waals surface area contributed by atoms with Crippen molar-refractivity contribution < 1.29 is 9.53 Å². The van der Waals surface area contributed by atoms with Crippen LogP contribution in [0.4, 0.5) is 5.82 Å². The average Bonchev–Trinajstić information content (AvgIpc) is 2.25. The van der Waals surface area contributed by atoms with E-state index < -0.39 is 0 Å². The minimum atomic E-state index is -0.164. The van der Waals surface area contributed by atoms with Crippen LogP contribution >= 0.6 is 11.6 Å². The summed E-state index contributed by atoms with van der Waals surface area (Å²) in [5, 5.41) is 3.72. The Morgan fingerprint density at radius 2 is 2.44 bits per heavy atom. The summed E-state index contributed by atoms with van der Waals surface area (Å²) in [4.78, 5) is 15.1. The summed E-state index contributed by atoms with van der Waals surface area (Å²) in [5.41, 5.74) is 0. The Morgan fingerprint density at radius 1 is 1.62 bits per heavy atom. The van der Waals surface area contributed by atoms with Crippen molar-refractivity contribution in [3.63, 3.8) is 0 Å². The van der Waals surface area contributed by atoms with Crippen LogP contribution in [-0.2, 0) is 9.53 Å². The molecule has 0 aliphatic carbocycles. The second-order valence-electron chi connectivity index (χ2n) is 3.19. The van der Waals surface area contributed by atoms with Gasteiger partial charge in [0.05, 0.1) is 6.61 Å². The second-order valence-corrected chi connectivity index (χ2v) is 3.63. The Bertz CT molecular complexity index is 345. The highest BCUT2D eigenvalue weighted by atomic mass is 35.5. The summed E-state index contributed by atoms with van der Waals surface area (Å²) in [7, 11) is 0. The number of aromatic nitrogens is 1. The molecule has 0 bridgehead atoms. The van der Waals surface area contributed by atoms with Gasteiger partial charge in [-0.2, -0.15) is 0 Å². The lowest BCUT2D eigenvalue weighted by atomic mass is 10.3. The fraction of sp³-hybridized carbons (Fsp3) is 0.455. The molecular formula is C11H15ClN2O2. The van der Waals surface area contributed by atoms with E-state index in [1.165, 1.54) is 0 Å². The van der Waals surface area contributed by atoms with Crippen LogP contribution in [0.15, 0.2) is 18.3 Å². The molecule has 1 heterocycles. The molecule has 0 spiro atoms. The number of pyridine rings is 1. The third-order valence-electron chi connectivity index (χ3n) is 1.89. The highest BCUT2D eigenvalue weighted by molar-refractivity contribution is 6.30. The Kier molecular flexibility index (Phi) is 5.64. The summed E-state index contributed by atoms with van der Waals surface area (Å²) in [5.74, 6) is 0.555. The first-order valence-corrected chi connectivity index (χ1v) is 5.61. The van der Waals surface area contributed by atoms with E-state index in [0.29, 0.717) is 31.0 Å². The van der Waals surface area contributed by atoms with E-state index in [2.05, 4.69) is 10.3 Å². The van der Waals surface area contributed by atoms with Crippen LogP contribution in [0, 0.1) is 0 Å². The number of nitrogens with one attached hydrogen (secondary N) is 1. The van der Waals surface area contributed by atoms with E-state index in [4.69, 9.17) is 16.3 Å². The van der Waals surface area contributed by atoms with Crippen molar-refractivity contribution in [1.82, 2.24) is 4.98 Å². The fourth-order valence-electron chi connectivity index (χ4n) is 1.18. The molecule has 4 nitrogen and oxygen atoms in total. The van der Waals surface area contributed by atoms with Gasteiger partial charge in [0.1, 0.15) is 5.82 Å². The third kappa shape index (κ3) is 4.98. The fourth-order valence-corrected chi connectivity index (χ4v) is 1.34. The predicted molar refractivity (Wildman–Crippen MR) is 63.6 cm³/mol. The lowest BCUT2D eigenvalue weighted by Gasteiger charge is -2.05. The smallest absolute Gasteiger partial charge is 0.305 e. The molecule has 1 rings (SSSR count). The van der Waals surface area contributed by atoms with Gasteiger partial charge in [0.25, 0.3) is 0 Å².